The molecule has 2 aromatic carbocycles. The summed E-state index contributed by atoms with van der Waals surface area (Å²) in [5, 5.41) is 83.3. The second-order valence-electron chi connectivity index (χ2n) is 29.5. The normalized spacial score (nSPS) is 20.6. The van der Waals surface area contributed by atoms with E-state index in [1.54, 1.807) is 35.8 Å². The zero-order chi connectivity index (χ0) is 92.7. The summed E-state index contributed by atoms with van der Waals surface area (Å²) in [7, 11) is 0. The number of carbonyl (C=O) groups is 21. The van der Waals surface area contributed by atoms with Gasteiger partial charge in [-0.25, -0.2) is 9.78 Å². The number of aliphatic hydroxyl groups excluding tert-OH is 1. The van der Waals surface area contributed by atoms with Gasteiger partial charge in [-0.15, -0.1) is 11.3 Å². The Morgan fingerprint density at radius 3 is 1.76 bits per heavy atom. The number of nitrogens with zero attached hydrogens (tertiary/aromatic N) is 1. The van der Waals surface area contributed by atoms with Crippen molar-refractivity contribution in [3.8, 4) is 0 Å². The van der Waals surface area contributed by atoms with E-state index in [-0.39, 0.29) is 43.5 Å². The van der Waals surface area contributed by atoms with Crippen molar-refractivity contribution in [3.63, 3.8) is 0 Å². The second-order valence-corrected chi connectivity index (χ2v) is 30.3. The third-order valence-electron chi connectivity index (χ3n) is 19.4. The van der Waals surface area contributed by atoms with Crippen LogP contribution in [0.25, 0.3) is 10.9 Å². The van der Waals surface area contributed by atoms with Crippen molar-refractivity contribution in [1.82, 2.24) is 84.4 Å². The number of carboxylic acids is 4. The standard InChI is InChI=1S/C78H107N19O27S/c1-5-6-7-8-9-10-11-22-58(101)89-49(25-41-32-83-47-20-15-13-17-43(41)47)72(117)92-50(28-57(81)100)73(118)94-53(31-64(110)111)74(119)97-66-40(4)124-78(123)54(27-56(99)44-18-12-14-19-45(44)79)95-77(122)65(38(2)24-61(104)105)96-75(120)55(35-98)90-60(103)33-84-69(114)51(29-62(106)107)91-67(112)39(3)87-71(116)52(30-63(108)109)93-70(115)48(88-59(102)34-85-76(66)121)21-16-23-82-68(113)46(80)26-42-36-125-37-86-42/h12-15,17-20,32,36-40,46,48-55,65-66,83,98H,5-11,16,21-31,33-35,79-80H2,1-4H3,(H2,81,100)(H,82,113)(H,84,114)(H,85,121)(H,87,116)(H,88,102)(H,89,101)(H,90,103)(H,91,112)(H,92,117)(H,93,115)(H,94,118)(H,95,122)(H,96,120)(H,97,119)(H,104,105)(H,106,107)(H,108,109)(H,110,111)/t38-,39-,40?,46?,48+,49+,50+,51+,52?,53+,54+,55-,65?,66?/m1/s1. The largest absolute Gasteiger partial charge is 0.481 e. The van der Waals surface area contributed by atoms with Gasteiger partial charge in [0.1, 0.15) is 72.6 Å². The highest BCUT2D eigenvalue weighted by Gasteiger charge is 2.41. The SMILES string of the molecule is CCCCCCCCCC(=O)N[C@@H](Cc1c[nH]c2ccccc12)C(=O)N[C@@H](CC(N)=O)C(=O)N[C@@H](CC(=O)O)C(=O)NC1C(=O)NCC(=O)N[C@@H](CCCNC(=O)C(N)Cc2cscn2)C(=O)NC(CC(=O)O)C(=O)N[C@H](C)C(=O)N[C@@H](CC(=O)O)C(=O)NCC(=O)N[C@H](CO)C(=O)NC([C@H](C)CC(=O)O)C(=O)N[C@@H](CC(=O)c2ccccc2N)C(=O)OC1C. The number of nitrogens with two attached hydrogens (primary N) is 3. The predicted octanol–water partition coefficient (Wildman–Crippen LogP) is -5.44. The summed E-state index contributed by atoms with van der Waals surface area (Å²) >= 11 is 1.22. The first-order chi connectivity index (χ1) is 59.2. The van der Waals surface area contributed by atoms with Gasteiger partial charge in [-0.1, -0.05) is 82.7 Å². The number of ketones is 1. The van der Waals surface area contributed by atoms with Crippen molar-refractivity contribution in [1.29, 1.82) is 0 Å². The topological polar surface area (TPSA) is 744 Å². The average Bonchev–Trinajstić information content (AvgIpc) is 1.39. The minimum absolute atomic E-state index is 0.0201. The lowest BCUT2D eigenvalue weighted by Crippen LogP contribution is -2.62. The van der Waals surface area contributed by atoms with Crippen molar-refractivity contribution in [2.75, 3.05) is 32.0 Å². The van der Waals surface area contributed by atoms with Crippen LogP contribution in [-0.4, -0.2) is 265 Å². The molecular weight excluding hydrogens is 1670 g/mol. The summed E-state index contributed by atoms with van der Waals surface area (Å²) in [6, 6.07) is -12.3. The zero-order valence-electron chi connectivity index (χ0n) is 68.8. The molecule has 682 valence electrons. The molecule has 1 aliphatic rings. The molecule has 3 heterocycles. The number of esters is 1. The number of para-hydroxylation sites is 2. The Bertz CT molecular complexity index is 4550. The molecule has 46 nitrogen and oxygen atoms in total. The van der Waals surface area contributed by atoms with Gasteiger partial charge in [0.25, 0.3) is 0 Å². The number of hydrogen-bond acceptors (Lipinski definition) is 27. The molecule has 15 amide bonds. The van der Waals surface area contributed by atoms with Crippen molar-refractivity contribution >= 4 is 152 Å². The minimum Gasteiger partial charge on any atom is -0.481 e. The Kier molecular flexibility index (Phi) is 41.9. The smallest absolute Gasteiger partial charge is 0.329 e. The van der Waals surface area contributed by atoms with E-state index in [1.165, 1.54) is 41.1 Å². The molecule has 26 N–H and O–H groups in total. The monoisotopic (exact) mass is 1770 g/mol. The first-order valence-corrected chi connectivity index (χ1v) is 40.8. The van der Waals surface area contributed by atoms with Gasteiger partial charge in [0, 0.05) is 66.0 Å². The van der Waals surface area contributed by atoms with E-state index in [4.69, 9.17) is 21.9 Å². The number of anilines is 1. The number of benzene rings is 2. The van der Waals surface area contributed by atoms with Gasteiger partial charge >= 0.3 is 29.8 Å². The molecule has 1 aliphatic heterocycles. The summed E-state index contributed by atoms with van der Waals surface area (Å²) in [5.74, 6) is -31.1. The van der Waals surface area contributed by atoms with Gasteiger partial charge in [-0.05, 0) is 62.8 Å². The van der Waals surface area contributed by atoms with Gasteiger partial charge < -0.3 is 127 Å². The average molecular weight is 1770 g/mol. The molecule has 47 heteroatoms. The molecule has 0 aliphatic carbocycles. The number of nitrogens with one attached hydrogen (secondary N) is 15. The number of carboxylic acid groups (broad SMARTS) is 4. The van der Waals surface area contributed by atoms with E-state index in [1.807, 2.05) is 16.0 Å². The number of nitrogen functional groups attached to an aromatic ring is 1. The number of aliphatic carboxylic acids is 4. The van der Waals surface area contributed by atoms with Crippen molar-refractivity contribution in [3.05, 3.63) is 82.4 Å². The number of hydrogen-bond donors (Lipinski definition) is 23. The van der Waals surface area contributed by atoms with E-state index in [2.05, 4.69) is 75.4 Å². The first kappa shape index (κ1) is 102. The highest BCUT2D eigenvalue weighted by atomic mass is 32.1. The summed E-state index contributed by atoms with van der Waals surface area (Å²) in [6.07, 6.45) is -3.00. The Labute approximate surface area is 718 Å². The maximum Gasteiger partial charge on any atom is 0.329 e. The van der Waals surface area contributed by atoms with E-state index in [9.17, 15) is 126 Å². The number of H-pyrrole nitrogens is 1. The van der Waals surface area contributed by atoms with Crippen LogP contribution in [0.2, 0.25) is 0 Å². The summed E-state index contributed by atoms with van der Waals surface area (Å²) < 4.78 is 5.72. The number of carbonyl (C=O) groups excluding carboxylic acids is 17. The van der Waals surface area contributed by atoms with Crippen LogP contribution in [0.4, 0.5) is 5.69 Å². The van der Waals surface area contributed by atoms with Crippen molar-refractivity contribution < 1.29 is 131 Å². The number of thiazole rings is 1. The number of amides is 15. The van der Waals surface area contributed by atoms with Gasteiger partial charge in [-0.2, -0.15) is 0 Å². The number of primary amides is 1. The first-order valence-electron chi connectivity index (χ1n) is 39.8. The zero-order valence-corrected chi connectivity index (χ0v) is 69.6. The molecule has 5 rings (SSSR count). The van der Waals surface area contributed by atoms with Gasteiger partial charge in [0.05, 0.1) is 69.0 Å². The number of ether oxygens (including phenoxy) is 1. The summed E-state index contributed by atoms with van der Waals surface area (Å²) in [4.78, 5) is 296. The molecule has 2 aromatic heterocycles. The molecule has 0 spiro atoms. The highest BCUT2D eigenvalue weighted by molar-refractivity contribution is 7.07. The van der Waals surface area contributed by atoms with Crippen LogP contribution in [0.3, 0.4) is 0 Å². The fourth-order valence-electron chi connectivity index (χ4n) is 12.7. The summed E-state index contributed by atoms with van der Waals surface area (Å²) in [5.41, 5.74) is 20.4. The third kappa shape index (κ3) is 35.0. The van der Waals surface area contributed by atoms with Crippen LogP contribution >= 0.6 is 11.3 Å². The second kappa shape index (κ2) is 51.4. The Morgan fingerprint density at radius 2 is 1.14 bits per heavy atom. The fourth-order valence-corrected chi connectivity index (χ4v) is 13.3. The van der Waals surface area contributed by atoms with Crippen LogP contribution in [0.5, 0.6) is 0 Å². The van der Waals surface area contributed by atoms with Crippen LogP contribution in [0.15, 0.2) is 65.6 Å². The number of rotatable bonds is 39. The lowest BCUT2D eigenvalue weighted by molar-refractivity contribution is -0.156. The molecule has 1 fully saturated rings. The number of aromatic amines is 1. The number of cyclic esters (lactones) is 1. The van der Waals surface area contributed by atoms with Crippen LogP contribution in [0.1, 0.15) is 152 Å². The maximum atomic E-state index is 15.0. The molecule has 1 saturated heterocycles. The number of fused-ring (bicyclic) bond motifs is 1. The van der Waals surface area contributed by atoms with E-state index in [0.29, 0.717) is 35.0 Å². The highest BCUT2D eigenvalue weighted by Crippen LogP contribution is 2.22. The number of aliphatic hydroxyl groups is 1. The summed E-state index contributed by atoms with van der Waals surface area (Å²) in [6.45, 7) is 0.825. The van der Waals surface area contributed by atoms with Gasteiger partial charge in [-0.3, -0.25) is 95.9 Å². The van der Waals surface area contributed by atoms with E-state index >= 15 is 0 Å². The van der Waals surface area contributed by atoms with Crippen LogP contribution in [0, 0.1) is 5.92 Å². The third-order valence-corrected chi connectivity index (χ3v) is 20.0. The fraction of sp³-hybridized carbons (Fsp3) is 0.513. The molecule has 4 aromatic rings. The number of unbranched alkanes of at least 4 members (excludes halogenated alkanes) is 6. The predicted molar refractivity (Wildman–Crippen MR) is 438 cm³/mol. The van der Waals surface area contributed by atoms with Gasteiger partial charge in [0.15, 0.2) is 5.78 Å². The van der Waals surface area contributed by atoms with E-state index < -0.39 is 273 Å². The van der Waals surface area contributed by atoms with Crippen molar-refractivity contribution in [2.24, 2.45) is 17.4 Å². The molecule has 5 unspecified atom stereocenters. The van der Waals surface area contributed by atoms with Gasteiger partial charge in [0.2, 0.25) is 88.6 Å². The number of Topliss-reactive ketones (excluding diaryl/α,β-unsaturated/α-hetero) is 1. The Morgan fingerprint density at radius 1 is 0.576 bits per heavy atom. The molecule has 0 radical (unpaired) electrons. The lowest BCUT2D eigenvalue weighted by Gasteiger charge is -2.30. The molecule has 0 bridgehead atoms. The molecular formula is C78H107N19O27S. The van der Waals surface area contributed by atoms with Crippen molar-refractivity contribution in [2.45, 2.75) is 222 Å². The Hall–Kier alpha value is -13.6. The minimum atomic E-state index is -2.50. The van der Waals surface area contributed by atoms with E-state index in [0.717, 1.165) is 52.9 Å². The number of aromatic nitrogens is 2. The molecule has 14 atom stereocenters. The molecule has 125 heavy (non-hydrogen) atoms. The van der Waals surface area contributed by atoms with Crippen LogP contribution < -0.4 is 91.6 Å². The molecule has 0 saturated carbocycles. The quantitative estimate of drug-likeness (QED) is 0.00858. The lowest BCUT2D eigenvalue weighted by atomic mass is 9.96. The maximum absolute atomic E-state index is 15.0. The Balaban J connectivity index is 1.63. The van der Waals surface area contributed by atoms with Crippen LogP contribution in [-0.2, 0) is 113 Å².